The lowest BCUT2D eigenvalue weighted by molar-refractivity contribution is -0.121. The number of thiazole rings is 1. The molecule has 6 heteroatoms. The molecule has 1 atom stereocenters. The van der Waals surface area contributed by atoms with Crippen LogP contribution in [-0.2, 0) is 11.2 Å². The molecule has 3 rings (SSSR count). The second-order valence-corrected chi connectivity index (χ2v) is 7.22. The zero-order valence-corrected chi connectivity index (χ0v) is 16.3. The van der Waals surface area contributed by atoms with Gasteiger partial charge in [-0.15, -0.1) is 11.3 Å². The summed E-state index contributed by atoms with van der Waals surface area (Å²) in [7, 11) is 1.62. The topological polar surface area (TPSA) is 51.2 Å². The molecule has 1 unspecified atom stereocenters. The van der Waals surface area contributed by atoms with Gasteiger partial charge in [0.1, 0.15) is 16.6 Å². The van der Waals surface area contributed by atoms with Crippen LogP contribution in [0.3, 0.4) is 0 Å². The summed E-state index contributed by atoms with van der Waals surface area (Å²) in [6.07, 6.45) is 0.171. The molecule has 3 aromatic rings. The van der Waals surface area contributed by atoms with Gasteiger partial charge in [-0.2, -0.15) is 0 Å². The van der Waals surface area contributed by atoms with Crippen molar-refractivity contribution in [3.05, 3.63) is 70.5 Å². The number of ether oxygens (including phenoxy) is 1. The first-order valence-corrected chi connectivity index (χ1v) is 9.48. The first-order valence-electron chi connectivity index (χ1n) is 8.60. The van der Waals surface area contributed by atoms with Crippen LogP contribution in [0, 0.1) is 12.7 Å². The van der Waals surface area contributed by atoms with Gasteiger partial charge in [-0.3, -0.25) is 4.79 Å². The highest BCUT2D eigenvalue weighted by atomic mass is 32.1. The van der Waals surface area contributed by atoms with Crippen molar-refractivity contribution in [1.29, 1.82) is 0 Å². The van der Waals surface area contributed by atoms with E-state index in [2.05, 4.69) is 10.3 Å². The molecule has 0 aliphatic heterocycles. The summed E-state index contributed by atoms with van der Waals surface area (Å²) in [5.74, 6) is 0.320. The lowest BCUT2D eigenvalue weighted by atomic mass is 10.0. The fourth-order valence-corrected chi connectivity index (χ4v) is 3.69. The predicted octanol–water partition coefficient (Wildman–Crippen LogP) is 4.69. The predicted molar refractivity (Wildman–Crippen MR) is 106 cm³/mol. The quantitative estimate of drug-likeness (QED) is 0.671. The van der Waals surface area contributed by atoms with E-state index in [4.69, 9.17) is 4.74 Å². The molecule has 0 aliphatic rings. The van der Waals surface area contributed by atoms with E-state index in [1.54, 1.807) is 19.2 Å². The summed E-state index contributed by atoms with van der Waals surface area (Å²) in [6, 6.07) is 12.0. The summed E-state index contributed by atoms with van der Waals surface area (Å²) in [5.41, 5.74) is 3.42. The third kappa shape index (κ3) is 4.71. The first-order chi connectivity index (χ1) is 13.0. The Morgan fingerprint density at radius 3 is 2.85 bits per heavy atom. The number of rotatable bonds is 6. The van der Waals surface area contributed by atoms with E-state index in [-0.39, 0.29) is 24.2 Å². The van der Waals surface area contributed by atoms with E-state index in [0.29, 0.717) is 16.3 Å². The van der Waals surface area contributed by atoms with Crippen molar-refractivity contribution in [3.8, 4) is 16.3 Å². The zero-order chi connectivity index (χ0) is 19.4. The number of carbonyl (C=O) groups excluding carboxylic acids is 1. The molecule has 0 bridgehead atoms. The molecule has 1 N–H and O–H groups in total. The zero-order valence-electron chi connectivity index (χ0n) is 15.5. The van der Waals surface area contributed by atoms with Gasteiger partial charge in [0.25, 0.3) is 0 Å². The summed E-state index contributed by atoms with van der Waals surface area (Å²) < 4.78 is 18.8. The van der Waals surface area contributed by atoms with Gasteiger partial charge >= 0.3 is 0 Å². The smallest absolute Gasteiger partial charge is 0.226 e. The van der Waals surface area contributed by atoms with Gasteiger partial charge in [0, 0.05) is 16.5 Å². The molecule has 27 heavy (non-hydrogen) atoms. The molecule has 1 aromatic heterocycles. The number of methoxy groups -OCH3 is 1. The monoisotopic (exact) mass is 384 g/mol. The molecule has 0 saturated carbocycles. The Morgan fingerprint density at radius 1 is 1.30 bits per heavy atom. The third-order valence-electron chi connectivity index (χ3n) is 4.19. The summed E-state index contributed by atoms with van der Waals surface area (Å²) in [6.45, 7) is 3.93. The highest BCUT2D eigenvalue weighted by molar-refractivity contribution is 7.13. The number of hydrogen-bond acceptors (Lipinski definition) is 4. The Morgan fingerprint density at radius 2 is 2.11 bits per heavy atom. The molecular weight excluding hydrogens is 363 g/mol. The second kappa shape index (κ2) is 8.31. The van der Waals surface area contributed by atoms with Crippen molar-refractivity contribution < 1.29 is 13.9 Å². The standard InChI is InChI=1S/C21H21FN2O2S/c1-13-7-8-19(26-3)18(9-13)14(2)23-20(25)11-17-12-27-21(24-17)15-5-4-6-16(22)10-15/h4-10,12,14H,11H2,1-3H3,(H,23,25). The Balaban J connectivity index is 1.67. The Kier molecular flexibility index (Phi) is 5.86. The van der Waals surface area contributed by atoms with Crippen molar-refractivity contribution in [2.45, 2.75) is 26.3 Å². The van der Waals surface area contributed by atoms with Gasteiger partial charge < -0.3 is 10.1 Å². The highest BCUT2D eigenvalue weighted by Gasteiger charge is 2.16. The van der Waals surface area contributed by atoms with Crippen molar-refractivity contribution in [2.75, 3.05) is 7.11 Å². The normalized spacial score (nSPS) is 11.9. The minimum atomic E-state index is -0.303. The Bertz CT molecular complexity index is 955. The maximum Gasteiger partial charge on any atom is 0.226 e. The third-order valence-corrected chi connectivity index (χ3v) is 5.13. The maximum absolute atomic E-state index is 13.4. The Hall–Kier alpha value is -2.73. The number of nitrogens with one attached hydrogen (secondary N) is 1. The summed E-state index contributed by atoms with van der Waals surface area (Å²) in [4.78, 5) is 16.9. The van der Waals surface area contributed by atoms with E-state index < -0.39 is 0 Å². The van der Waals surface area contributed by atoms with Crippen molar-refractivity contribution in [3.63, 3.8) is 0 Å². The average Bonchev–Trinajstić information content (AvgIpc) is 3.10. The van der Waals surface area contributed by atoms with Crippen molar-refractivity contribution in [2.24, 2.45) is 0 Å². The van der Waals surface area contributed by atoms with Crippen molar-refractivity contribution >= 4 is 17.2 Å². The molecule has 0 fully saturated rings. The number of halogens is 1. The molecule has 0 saturated heterocycles. The number of hydrogen-bond donors (Lipinski definition) is 1. The SMILES string of the molecule is COc1ccc(C)cc1C(C)NC(=O)Cc1csc(-c2cccc(F)c2)n1. The van der Waals surface area contributed by atoms with Crippen molar-refractivity contribution in [1.82, 2.24) is 10.3 Å². The lowest BCUT2D eigenvalue weighted by Crippen LogP contribution is -2.28. The number of aryl methyl sites for hydroxylation is 1. The van der Waals surface area contributed by atoms with Crippen LogP contribution in [0.1, 0.15) is 29.8 Å². The average molecular weight is 384 g/mol. The maximum atomic E-state index is 13.4. The minimum Gasteiger partial charge on any atom is -0.496 e. The fraction of sp³-hybridized carbons (Fsp3) is 0.238. The molecule has 0 spiro atoms. The molecule has 0 radical (unpaired) electrons. The number of aromatic nitrogens is 1. The Labute approximate surface area is 162 Å². The van der Waals surface area contributed by atoms with Gasteiger partial charge in [0.15, 0.2) is 0 Å². The largest absolute Gasteiger partial charge is 0.496 e. The lowest BCUT2D eigenvalue weighted by Gasteiger charge is -2.17. The van der Waals surface area contributed by atoms with Crippen LogP contribution in [0.5, 0.6) is 5.75 Å². The van der Waals surface area contributed by atoms with Gasteiger partial charge in [0.05, 0.1) is 25.3 Å². The molecule has 2 aromatic carbocycles. The van der Waals surface area contributed by atoms with Gasteiger partial charge in [-0.05, 0) is 32.0 Å². The van der Waals surface area contributed by atoms with Crippen LogP contribution >= 0.6 is 11.3 Å². The molecule has 1 heterocycles. The first kappa shape index (κ1) is 19.0. The molecule has 1 amide bonds. The highest BCUT2D eigenvalue weighted by Crippen LogP contribution is 2.27. The van der Waals surface area contributed by atoms with E-state index in [0.717, 1.165) is 16.9 Å². The van der Waals surface area contributed by atoms with Crippen LogP contribution in [-0.4, -0.2) is 18.0 Å². The number of nitrogens with zero attached hydrogens (tertiary/aromatic N) is 1. The molecule has 140 valence electrons. The molecule has 0 aliphatic carbocycles. The summed E-state index contributed by atoms with van der Waals surface area (Å²) >= 11 is 1.40. The van der Waals surface area contributed by atoms with Gasteiger partial charge in [-0.25, -0.2) is 9.37 Å². The number of amides is 1. The number of benzene rings is 2. The van der Waals surface area contributed by atoms with E-state index in [9.17, 15) is 9.18 Å². The van der Waals surface area contributed by atoms with E-state index >= 15 is 0 Å². The van der Waals surface area contributed by atoms with Crippen LogP contribution in [0.4, 0.5) is 4.39 Å². The van der Waals surface area contributed by atoms with Crippen LogP contribution in [0.15, 0.2) is 47.8 Å². The van der Waals surface area contributed by atoms with Gasteiger partial charge in [-0.1, -0.05) is 29.8 Å². The van der Waals surface area contributed by atoms with E-state index in [1.165, 1.54) is 23.5 Å². The number of carbonyl (C=O) groups is 1. The fourth-order valence-electron chi connectivity index (χ4n) is 2.87. The summed E-state index contributed by atoms with van der Waals surface area (Å²) in [5, 5.41) is 5.52. The molecule has 4 nitrogen and oxygen atoms in total. The second-order valence-electron chi connectivity index (χ2n) is 6.37. The van der Waals surface area contributed by atoms with Crippen LogP contribution < -0.4 is 10.1 Å². The van der Waals surface area contributed by atoms with Crippen LogP contribution in [0.2, 0.25) is 0 Å². The molecular formula is C21H21FN2O2S. The van der Waals surface area contributed by atoms with Gasteiger partial charge in [0.2, 0.25) is 5.91 Å². The van der Waals surface area contributed by atoms with Crippen LogP contribution in [0.25, 0.3) is 10.6 Å². The van der Waals surface area contributed by atoms with E-state index in [1.807, 2.05) is 37.4 Å². The minimum absolute atomic E-state index is 0.123.